The van der Waals surface area contributed by atoms with Gasteiger partial charge in [0, 0.05) is 19.3 Å². The highest BCUT2D eigenvalue weighted by Crippen LogP contribution is 2.11. The van der Waals surface area contributed by atoms with E-state index in [1.165, 1.54) is 11.1 Å². The first-order valence-electron chi connectivity index (χ1n) is 5.53. The largest absolute Gasteiger partial charge is 0.481 e. The number of morpholine rings is 1. The monoisotopic (exact) mass is 254 g/mol. The molecule has 2 heterocycles. The number of urea groups is 1. The van der Waals surface area contributed by atoms with E-state index in [0.717, 1.165) is 0 Å². The summed E-state index contributed by atoms with van der Waals surface area (Å²) in [6, 6.07) is -0.282. The zero-order chi connectivity index (χ0) is 13.0. The summed E-state index contributed by atoms with van der Waals surface area (Å²) in [7, 11) is 0. The Labute approximate surface area is 103 Å². The summed E-state index contributed by atoms with van der Waals surface area (Å²) < 4.78 is 5.28. The number of carboxylic acids is 1. The molecular weight excluding hydrogens is 240 g/mol. The summed E-state index contributed by atoms with van der Waals surface area (Å²) in [5, 5.41) is 17.6. The summed E-state index contributed by atoms with van der Waals surface area (Å²) in [4.78, 5) is 24.0. The molecule has 8 nitrogen and oxygen atoms in total. The Morgan fingerprint density at radius 2 is 2.50 bits per heavy atom. The molecule has 2 amide bonds. The molecule has 0 spiro atoms. The lowest BCUT2D eigenvalue weighted by Gasteiger charge is -2.32. The molecule has 1 aromatic rings. The maximum atomic E-state index is 11.9. The third-order valence-corrected chi connectivity index (χ3v) is 2.58. The second-order valence-corrected chi connectivity index (χ2v) is 3.95. The molecule has 2 rings (SSSR count). The van der Waals surface area contributed by atoms with E-state index in [2.05, 4.69) is 15.5 Å². The Hall–Kier alpha value is -2.09. The molecule has 3 N–H and O–H groups in total. The molecule has 18 heavy (non-hydrogen) atoms. The number of carboxylic acid groups (broad SMARTS) is 1. The zero-order valence-electron chi connectivity index (χ0n) is 9.63. The SMILES string of the molecule is O=C(O)CC1CN(C(=O)Nc2cn[nH]c2)CCO1. The normalized spacial score (nSPS) is 19.6. The smallest absolute Gasteiger partial charge is 0.322 e. The molecule has 0 aromatic carbocycles. The first-order valence-corrected chi connectivity index (χ1v) is 5.53. The lowest BCUT2D eigenvalue weighted by Crippen LogP contribution is -2.47. The van der Waals surface area contributed by atoms with Crippen LogP contribution in [0.15, 0.2) is 12.4 Å². The van der Waals surface area contributed by atoms with Crippen molar-refractivity contribution in [1.82, 2.24) is 15.1 Å². The molecule has 1 fully saturated rings. The molecule has 1 aromatic heterocycles. The fourth-order valence-corrected chi connectivity index (χ4v) is 1.74. The molecular formula is C10H14N4O4. The third kappa shape index (κ3) is 3.20. The van der Waals surface area contributed by atoms with Crippen LogP contribution in [-0.4, -0.2) is 58.0 Å². The Balaban J connectivity index is 1.88. The summed E-state index contributed by atoms with van der Waals surface area (Å²) in [5.74, 6) is -0.933. The van der Waals surface area contributed by atoms with E-state index >= 15 is 0 Å². The second kappa shape index (κ2) is 5.50. The van der Waals surface area contributed by atoms with Gasteiger partial charge in [0.05, 0.1) is 31.0 Å². The number of aliphatic carboxylic acids is 1. The Bertz CT molecular complexity index is 420. The molecule has 1 aliphatic heterocycles. The highest BCUT2D eigenvalue weighted by Gasteiger charge is 2.25. The van der Waals surface area contributed by atoms with E-state index in [4.69, 9.17) is 9.84 Å². The van der Waals surface area contributed by atoms with Gasteiger partial charge >= 0.3 is 12.0 Å². The van der Waals surface area contributed by atoms with Gasteiger partial charge in [-0.15, -0.1) is 0 Å². The van der Waals surface area contributed by atoms with E-state index in [1.807, 2.05) is 0 Å². The Kier molecular flexibility index (Phi) is 3.78. The fraction of sp³-hybridized carbons (Fsp3) is 0.500. The van der Waals surface area contributed by atoms with Crippen LogP contribution in [0.5, 0.6) is 0 Å². The summed E-state index contributed by atoms with van der Waals surface area (Å²) in [6.07, 6.45) is 2.50. The van der Waals surface area contributed by atoms with Crippen LogP contribution < -0.4 is 5.32 Å². The van der Waals surface area contributed by atoms with Crippen LogP contribution in [0.25, 0.3) is 0 Å². The molecule has 1 unspecified atom stereocenters. The molecule has 1 aliphatic rings. The lowest BCUT2D eigenvalue weighted by molar-refractivity contribution is -0.141. The van der Waals surface area contributed by atoms with Crippen LogP contribution in [0.3, 0.4) is 0 Å². The van der Waals surface area contributed by atoms with Gasteiger partial charge in [0.1, 0.15) is 0 Å². The van der Waals surface area contributed by atoms with E-state index in [0.29, 0.717) is 18.8 Å². The number of ether oxygens (including phenoxy) is 1. The summed E-state index contributed by atoms with van der Waals surface area (Å²) in [5.41, 5.74) is 0.571. The van der Waals surface area contributed by atoms with Crippen molar-refractivity contribution in [2.45, 2.75) is 12.5 Å². The standard InChI is InChI=1S/C10H14N4O4/c15-9(16)3-8-6-14(1-2-18-8)10(17)13-7-4-11-12-5-7/h4-5,8H,1-3,6H2,(H,11,12)(H,13,17)(H,15,16). The van der Waals surface area contributed by atoms with Crippen molar-refractivity contribution in [2.75, 3.05) is 25.0 Å². The van der Waals surface area contributed by atoms with Crippen molar-refractivity contribution in [3.63, 3.8) is 0 Å². The fourth-order valence-electron chi connectivity index (χ4n) is 1.74. The maximum absolute atomic E-state index is 11.9. The number of carbonyl (C=O) groups is 2. The Morgan fingerprint density at radius 3 is 3.17 bits per heavy atom. The van der Waals surface area contributed by atoms with Gasteiger partial charge in [-0.1, -0.05) is 0 Å². The van der Waals surface area contributed by atoms with Crippen LogP contribution in [0, 0.1) is 0 Å². The number of carbonyl (C=O) groups excluding carboxylic acids is 1. The van der Waals surface area contributed by atoms with Crippen molar-refractivity contribution in [3.05, 3.63) is 12.4 Å². The minimum Gasteiger partial charge on any atom is -0.481 e. The number of hydrogen-bond acceptors (Lipinski definition) is 4. The van der Waals surface area contributed by atoms with Crippen molar-refractivity contribution in [3.8, 4) is 0 Å². The van der Waals surface area contributed by atoms with Crippen molar-refractivity contribution >= 4 is 17.7 Å². The van der Waals surface area contributed by atoms with Gasteiger partial charge in [0.2, 0.25) is 0 Å². The van der Waals surface area contributed by atoms with Crippen LogP contribution >= 0.6 is 0 Å². The molecule has 98 valence electrons. The molecule has 1 atom stereocenters. The minimum atomic E-state index is -0.933. The van der Waals surface area contributed by atoms with Gasteiger partial charge in [-0.3, -0.25) is 9.89 Å². The van der Waals surface area contributed by atoms with Crippen LogP contribution in [0.4, 0.5) is 10.5 Å². The predicted molar refractivity (Wildman–Crippen MR) is 61.2 cm³/mol. The van der Waals surface area contributed by atoms with Gasteiger partial charge < -0.3 is 20.1 Å². The maximum Gasteiger partial charge on any atom is 0.322 e. The van der Waals surface area contributed by atoms with Crippen LogP contribution in [-0.2, 0) is 9.53 Å². The summed E-state index contributed by atoms with van der Waals surface area (Å²) in [6.45, 7) is 1.06. The quantitative estimate of drug-likeness (QED) is 0.710. The topological polar surface area (TPSA) is 108 Å². The van der Waals surface area contributed by atoms with E-state index < -0.39 is 12.1 Å². The van der Waals surface area contributed by atoms with Crippen molar-refractivity contribution < 1.29 is 19.4 Å². The van der Waals surface area contributed by atoms with Crippen LogP contribution in [0.2, 0.25) is 0 Å². The highest BCUT2D eigenvalue weighted by atomic mass is 16.5. The molecule has 0 aliphatic carbocycles. The van der Waals surface area contributed by atoms with Gasteiger partial charge in [-0.05, 0) is 0 Å². The van der Waals surface area contributed by atoms with Gasteiger partial charge in [-0.25, -0.2) is 4.79 Å². The molecule has 8 heteroatoms. The van der Waals surface area contributed by atoms with E-state index in [1.54, 1.807) is 6.20 Å². The zero-order valence-corrected chi connectivity index (χ0v) is 9.63. The number of H-pyrrole nitrogens is 1. The van der Waals surface area contributed by atoms with Gasteiger partial charge in [-0.2, -0.15) is 5.10 Å². The number of amides is 2. The minimum absolute atomic E-state index is 0.102. The molecule has 0 bridgehead atoms. The average molecular weight is 254 g/mol. The van der Waals surface area contributed by atoms with E-state index in [-0.39, 0.29) is 19.0 Å². The van der Waals surface area contributed by atoms with Crippen molar-refractivity contribution in [1.29, 1.82) is 0 Å². The number of nitrogens with one attached hydrogen (secondary N) is 2. The summed E-state index contributed by atoms with van der Waals surface area (Å²) >= 11 is 0. The Morgan fingerprint density at radius 1 is 1.67 bits per heavy atom. The lowest BCUT2D eigenvalue weighted by atomic mass is 10.2. The number of aromatic nitrogens is 2. The average Bonchev–Trinajstić information content (AvgIpc) is 2.81. The number of rotatable bonds is 3. The predicted octanol–water partition coefficient (Wildman–Crippen LogP) is 0.117. The molecule has 1 saturated heterocycles. The molecule has 0 radical (unpaired) electrons. The van der Waals surface area contributed by atoms with Crippen LogP contribution in [0.1, 0.15) is 6.42 Å². The first kappa shape index (κ1) is 12.4. The third-order valence-electron chi connectivity index (χ3n) is 2.58. The number of aromatic amines is 1. The first-order chi connectivity index (χ1) is 8.65. The highest BCUT2D eigenvalue weighted by molar-refractivity contribution is 5.89. The number of nitrogens with zero attached hydrogens (tertiary/aromatic N) is 2. The van der Waals surface area contributed by atoms with Gasteiger partial charge in [0.15, 0.2) is 0 Å². The second-order valence-electron chi connectivity index (χ2n) is 3.95. The molecule has 0 saturated carbocycles. The number of hydrogen-bond donors (Lipinski definition) is 3. The van der Waals surface area contributed by atoms with Crippen molar-refractivity contribution in [2.24, 2.45) is 0 Å². The van der Waals surface area contributed by atoms with Gasteiger partial charge in [0.25, 0.3) is 0 Å². The number of anilines is 1. The van der Waals surface area contributed by atoms with E-state index in [9.17, 15) is 9.59 Å².